The van der Waals surface area contributed by atoms with E-state index in [2.05, 4.69) is 15.7 Å². The van der Waals surface area contributed by atoms with E-state index in [-0.39, 0.29) is 23.7 Å². The van der Waals surface area contributed by atoms with Gasteiger partial charge in [0.05, 0.1) is 13.7 Å². The summed E-state index contributed by atoms with van der Waals surface area (Å²) in [5, 5.41) is 9.41. The number of carbonyl (C=O) groups excluding carboxylic acids is 1. The lowest BCUT2D eigenvalue weighted by Crippen LogP contribution is -2.28. The van der Waals surface area contributed by atoms with Gasteiger partial charge in [0, 0.05) is 30.7 Å². The topological polar surface area (TPSA) is 77.4 Å². The van der Waals surface area contributed by atoms with Crippen LogP contribution in [0.3, 0.4) is 0 Å². The van der Waals surface area contributed by atoms with E-state index in [9.17, 15) is 18.0 Å². The molecule has 3 rings (SSSR count). The molecule has 0 saturated heterocycles. The predicted octanol–water partition coefficient (Wildman–Crippen LogP) is 4.20. The zero-order valence-corrected chi connectivity index (χ0v) is 16.6. The molecule has 2 aromatic carbocycles. The number of nitrogens with zero attached hydrogens (tertiary/aromatic N) is 2. The summed E-state index contributed by atoms with van der Waals surface area (Å²) in [5.74, 6) is 0.0100. The molecule has 3 aromatic rings. The Labute approximate surface area is 176 Å². The summed E-state index contributed by atoms with van der Waals surface area (Å²) in [6.45, 7) is -0.533. The largest absolute Gasteiger partial charge is 0.493 e. The molecule has 0 aliphatic rings. The highest BCUT2D eigenvalue weighted by Crippen LogP contribution is 2.31. The molecule has 1 heterocycles. The first-order chi connectivity index (χ1) is 14.8. The second-order valence-corrected chi connectivity index (χ2v) is 6.60. The Bertz CT molecular complexity index is 990. The number of ether oxygens (including phenoxy) is 2. The number of rotatable bonds is 8. The fraction of sp³-hybridized carbons (Fsp3) is 0.238. The smallest absolute Gasteiger partial charge is 0.422 e. The minimum Gasteiger partial charge on any atom is -0.493 e. The highest BCUT2D eigenvalue weighted by atomic mass is 19.4. The quantitative estimate of drug-likeness (QED) is 0.557. The van der Waals surface area contributed by atoms with E-state index >= 15 is 0 Å². The number of nitrogens with one attached hydrogen (secondary N) is 2. The third-order valence-electron chi connectivity index (χ3n) is 4.19. The first-order valence-electron chi connectivity index (χ1n) is 9.30. The van der Waals surface area contributed by atoms with Gasteiger partial charge in [0.15, 0.2) is 18.1 Å². The van der Waals surface area contributed by atoms with Crippen molar-refractivity contribution >= 4 is 11.7 Å². The minimum absolute atomic E-state index is 0.120. The lowest BCUT2D eigenvalue weighted by atomic mass is 10.1. The Morgan fingerprint density at radius 3 is 2.48 bits per heavy atom. The third kappa shape index (κ3) is 6.95. The number of aromatic nitrogens is 2. The van der Waals surface area contributed by atoms with Crippen molar-refractivity contribution in [3.63, 3.8) is 0 Å². The summed E-state index contributed by atoms with van der Waals surface area (Å²) in [4.78, 5) is 12.2. The van der Waals surface area contributed by atoms with Gasteiger partial charge in [-0.1, -0.05) is 24.3 Å². The van der Waals surface area contributed by atoms with E-state index in [1.54, 1.807) is 6.20 Å². The van der Waals surface area contributed by atoms with Crippen LogP contribution in [-0.2, 0) is 13.1 Å². The molecular weight excluding hydrogens is 413 g/mol. The first-order valence-corrected chi connectivity index (χ1v) is 9.30. The third-order valence-corrected chi connectivity index (χ3v) is 4.19. The molecule has 164 valence electrons. The van der Waals surface area contributed by atoms with E-state index in [1.165, 1.54) is 25.3 Å². The number of amides is 2. The second kappa shape index (κ2) is 9.88. The molecule has 31 heavy (non-hydrogen) atoms. The number of benzene rings is 2. The van der Waals surface area contributed by atoms with Gasteiger partial charge in [-0.05, 0) is 29.3 Å². The van der Waals surface area contributed by atoms with Crippen molar-refractivity contribution in [3.05, 3.63) is 72.1 Å². The van der Waals surface area contributed by atoms with Crippen molar-refractivity contribution in [1.82, 2.24) is 15.1 Å². The van der Waals surface area contributed by atoms with Crippen LogP contribution in [0.2, 0.25) is 0 Å². The van der Waals surface area contributed by atoms with Crippen molar-refractivity contribution in [2.75, 3.05) is 19.0 Å². The molecule has 0 radical (unpaired) electrons. The minimum atomic E-state index is -4.49. The van der Waals surface area contributed by atoms with Crippen molar-refractivity contribution in [3.8, 4) is 11.5 Å². The fourth-order valence-electron chi connectivity index (χ4n) is 2.73. The van der Waals surface area contributed by atoms with E-state index < -0.39 is 18.8 Å². The lowest BCUT2D eigenvalue weighted by molar-refractivity contribution is -0.153. The van der Waals surface area contributed by atoms with Crippen molar-refractivity contribution in [2.24, 2.45) is 0 Å². The van der Waals surface area contributed by atoms with Crippen LogP contribution in [0.4, 0.5) is 23.7 Å². The van der Waals surface area contributed by atoms with E-state index in [0.717, 1.165) is 11.1 Å². The molecule has 2 N–H and O–H groups in total. The van der Waals surface area contributed by atoms with Gasteiger partial charge < -0.3 is 20.1 Å². The highest BCUT2D eigenvalue weighted by molar-refractivity contribution is 5.89. The summed E-state index contributed by atoms with van der Waals surface area (Å²) in [7, 11) is 1.32. The predicted molar refractivity (Wildman–Crippen MR) is 108 cm³/mol. The molecule has 0 spiro atoms. The summed E-state index contributed by atoms with van der Waals surface area (Å²) in [6, 6.07) is 13.2. The molecule has 0 saturated carbocycles. The van der Waals surface area contributed by atoms with Crippen LogP contribution in [-0.4, -0.2) is 35.7 Å². The van der Waals surface area contributed by atoms with Gasteiger partial charge in [-0.2, -0.15) is 18.3 Å². The van der Waals surface area contributed by atoms with Gasteiger partial charge in [0.2, 0.25) is 0 Å². The Kier molecular flexibility index (Phi) is 7.01. The van der Waals surface area contributed by atoms with Crippen LogP contribution in [0, 0.1) is 0 Å². The standard InChI is InChI=1S/C21H21F3N4O3/c1-30-18-8-7-17(11-19(18)31-14-21(22,23)24)27-20(29)25-12-15-3-5-16(6-4-15)13-28-10-2-9-26-28/h2-11H,12-14H2,1H3,(H2,25,27,29). The summed E-state index contributed by atoms with van der Waals surface area (Å²) < 4.78 is 48.8. The molecule has 10 heteroatoms. The van der Waals surface area contributed by atoms with Crippen LogP contribution >= 0.6 is 0 Å². The average Bonchev–Trinajstić information content (AvgIpc) is 3.24. The number of hydrogen-bond donors (Lipinski definition) is 2. The second-order valence-electron chi connectivity index (χ2n) is 6.60. The molecular formula is C21H21F3N4O3. The first kappa shape index (κ1) is 22.0. The number of halogens is 3. The molecule has 0 atom stereocenters. The maximum Gasteiger partial charge on any atom is 0.422 e. The summed E-state index contributed by atoms with van der Waals surface area (Å²) in [5.41, 5.74) is 2.23. The van der Waals surface area contributed by atoms with E-state index in [4.69, 9.17) is 9.47 Å². The summed E-state index contributed by atoms with van der Waals surface area (Å²) in [6.07, 6.45) is -0.899. The van der Waals surface area contributed by atoms with Gasteiger partial charge >= 0.3 is 12.2 Å². The van der Waals surface area contributed by atoms with Crippen LogP contribution in [0.25, 0.3) is 0 Å². The van der Waals surface area contributed by atoms with Crippen molar-refractivity contribution in [1.29, 1.82) is 0 Å². The molecule has 0 unspecified atom stereocenters. The van der Waals surface area contributed by atoms with Gasteiger partial charge in [0.1, 0.15) is 0 Å². The normalized spacial score (nSPS) is 11.1. The fourth-order valence-corrected chi connectivity index (χ4v) is 2.73. The Balaban J connectivity index is 1.53. The molecule has 0 fully saturated rings. The molecule has 0 aliphatic carbocycles. The molecule has 0 aliphatic heterocycles. The summed E-state index contributed by atoms with van der Waals surface area (Å²) >= 11 is 0. The molecule has 1 aromatic heterocycles. The number of methoxy groups -OCH3 is 1. The number of urea groups is 1. The zero-order valence-electron chi connectivity index (χ0n) is 16.6. The van der Waals surface area contributed by atoms with Crippen LogP contribution < -0.4 is 20.1 Å². The average molecular weight is 434 g/mol. The van der Waals surface area contributed by atoms with Crippen molar-refractivity contribution < 1.29 is 27.4 Å². The molecule has 0 bridgehead atoms. The number of hydrogen-bond acceptors (Lipinski definition) is 4. The Morgan fingerprint density at radius 2 is 1.84 bits per heavy atom. The van der Waals surface area contributed by atoms with Crippen molar-refractivity contribution in [2.45, 2.75) is 19.3 Å². The van der Waals surface area contributed by atoms with Gasteiger partial charge in [0.25, 0.3) is 0 Å². The Hall–Kier alpha value is -3.69. The number of anilines is 1. The molecule has 7 nitrogen and oxygen atoms in total. The van der Waals surface area contributed by atoms with Gasteiger partial charge in [-0.25, -0.2) is 4.79 Å². The van der Waals surface area contributed by atoms with Gasteiger partial charge in [-0.15, -0.1) is 0 Å². The monoisotopic (exact) mass is 434 g/mol. The lowest BCUT2D eigenvalue weighted by Gasteiger charge is -2.14. The van der Waals surface area contributed by atoms with Crippen LogP contribution in [0.15, 0.2) is 60.9 Å². The zero-order chi connectivity index (χ0) is 22.3. The van der Waals surface area contributed by atoms with Crippen LogP contribution in [0.1, 0.15) is 11.1 Å². The molecule has 2 amide bonds. The van der Waals surface area contributed by atoms with Gasteiger partial charge in [-0.3, -0.25) is 4.68 Å². The van der Waals surface area contributed by atoms with E-state index in [1.807, 2.05) is 41.2 Å². The SMILES string of the molecule is COc1ccc(NC(=O)NCc2ccc(Cn3cccn3)cc2)cc1OCC(F)(F)F. The maximum atomic E-state index is 12.4. The highest BCUT2D eigenvalue weighted by Gasteiger charge is 2.29. The maximum absolute atomic E-state index is 12.4. The van der Waals surface area contributed by atoms with E-state index in [0.29, 0.717) is 6.54 Å². The van der Waals surface area contributed by atoms with Crippen LogP contribution in [0.5, 0.6) is 11.5 Å². The number of carbonyl (C=O) groups is 1. The Morgan fingerprint density at radius 1 is 1.10 bits per heavy atom. The number of alkyl halides is 3.